The maximum absolute atomic E-state index is 5.12. The zero-order valence-electron chi connectivity index (χ0n) is 68.7. The van der Waals surface area contributed by atoms with Gasteiger partial charge >= 0.3 is 0 Å². The number of ether oxygens (including phenoxy) is 1. The molecule has 0 aliphatic carbocycles. The van der Waals surface area contributed by atoms with Gasteiger partial charge in [-0.05, 0) is 99.4 Å². The van der Waals surface area contributed by atoms with E-state index in [1.807, 2.05) is 142 Å². The number of hydrogen-bond acceptors (Lipinski definition) is 24. The molecule has 0 spiro atoms. The molecule has 9 aromatic heterocycles. The summed E-state index contributed by atoms with van der Waals surface area (Å²) < 4.78 is 37.0. The lowest BCUT2D eigenvalue weighted by Crippen LogP contribution is -1.88. The lowest BCUT2D eigenvalue weighted by Gasteiger charge is -1.92. The van der Waals surface area contributed by atoms with Crippen molar-refractivity contribution in [3.8, 4) is 0 Å². The van der Waals surface area contributed by atoms with Gasteiger partial charge in [-0.3, -0.25) is 4.98 Å². The maximum atomic E-state index is 5.12. The zero-order valence-corrected chi connectivity index (χ0v) is 72.0. The predicted octanol–water partition coefficient (Wildman–Crippen LogP) is 25.1. The quantitative estimate of drug-likeness (QED) is 0.150. The van der Waals surface area contributed by atoms with Gasteiger partial charge in [0.2, 0.25) is 23.6 Å². The SMILES string of the molecule is C1CCOC1.CC.CC.CC.CC.CC(C)C.CC(C)C.CC(C)C.CC(C)C.Cc1nc(C(C)C)no1.Cc1nc(C(C)C)ns1.Cc1nnc(C(C)C)o1.Cc1nnc(C(C)C)s1.Cc1noc(C(C)C)n1.Cc1nsc(C(C)C)n1.c1ccoc1.c1cocn1.c1cscn1. The van der Waals surface area contributed by atoms with Crippen molar-refractivity contribution in [3.63, 3.8) is 0 Å². The van der Waals surface area contributed by atoms with Crippen LogP contribution in [0.25, 0.3) is 0 Å². The van der Waals surface area contributed by atoms with Crippen molar-refractivity contribution in [1.29, 1.82) is 0 Å². The first-order valence-corrected chi connectivity index (χ1v) is 38.4. The summed E-state index contributed by atoms with van der Waals surface area (Å²) in [6.45, 7) is 80.1. The minimum atomic E-state index is 0.339. The van der Waals surface area contributed by atoms with Crippen LogP contribution in [0.15, 0.2) is 82.9 Å². The lowest BCUT2D eigenvalue weighted by atomic mass is 10.2. The molecule has 9 aromatic rings. The van der Waals surface area contributed by atoms with E-state index >= 15 is 0 Å². The molecule has 24 heteroatoms. The van der Waals surface area contributed by atoms with E-state index in [4.69, 9.17) is 18.2 Å². The number of thiazole rings is 1. The Morgan fingerprint density at radius 3 is 1.06 bits per heavy atom. The third-order valence-corrected chi connectivity index (χ3v) is 11.6. The normalized spacial score (nSPS) is 10.0. The van der Waals surface area contributed by atoms with Crippen LogP contribution in [-0.4, -0.2) is 82.6 Å². The van der Waals surface area contributed by atoms with Crippen molar-refractivity contribution in [2.45, 2.75) is 311 Å². The summed E-state index contributed by atoms with van der Waals surface area (Å²) in [6.07, 6.45) is 12.0. The highest BCUT2D eigenvalue weighted by Gasteiger charge is 2.08. The van der Waals surface area contributed by atoms with Crippen molar-refractivity contribution in [3.05, 3.63) is 127 Å². The number of aromatic nitrogens is 14. The van der Waals surface area contributed by atoms with Crippen LogP contribution in [0.4, 0.5) is 0 Å². The van der Waals surface area contributed by atoms with Crippen molar-refractivity contribution in [2.24, 2.45) is 23.7 Å². The summed E-state index contributed by atoms with van der Waals surface area (Å²) in [5.74, 6) is 12.0. The lowest BCUT2D eigenvalue weighted by molar-refractivity contribution is 0.198. The smallest absolute Gasteiger partial charge is 0.229 e. The Kier molecular flexibility index (Phi) is 84.9. The Balaban J connectivity index is -0.000000149. The van der Waals surface area contributed by atoms with E-state index in [1.165, 1.54) is 48.6 Å². The van der Waals surface area contributed by atoms with Gasteiger partial charge in [-0.25, -0.2) is 15.0 Å². The van der Waals surface area contributed by atoms with E-state index in [2.05, 4.69) is 203 Å². The van der Waals surface area contributed by atoms with Crippen molar-refractivity contribution in [1.82, 2.24) is 69.4 Å². The molecular formula is C74H142N14O6S4. The van der Waals surface area contributed by atoms with E-state index in [9.17, 15) is 0 Å². The molecule has 1 saturated heterocycles. The van der Waals surface area contributed by atoms with Gasteiger partial charge < -0.3 is 27.0 Å². The third kappa shape index (κ3) is 84.4. The van der Waals surface area contributed by atoms with Gasteiger partial charge in [-0.2, -0.15) is 18.7 Å². The highest BCUT2D eigenvalue weighted by Crippen LogP contribution is 2.18. The van der Waals surface area contributed by atoms with Crippen LogP contribution < -0.4 is 0 Å². The first-order chi connectivity index (χ1) is 46.1. The Labute approximate surface area is 614 Å². The third-order valence-electron chi connectivity index (χ3n) is 8.21. The first kappa shape index (κ1) is 108. The van der Waals surface area contributed by atoms with E-state index < -0.39 is 0 Å². The molecule has 0 N–H and O–H groups in total. The molecule has 1 aliphatic heterocycles. The molecule has 1 aliphatic rings. The molecular weight excluding hydrogens is 1310 g/mol. The van der Waals surface area contributed by atoms with Crippen molar-refractivity contribution < 1.29 is 27.0 Å². The van der Waals surface area contributed by atoms with Crippen LogP contribution in [0, 0.1) is 65.2 Å². The Bertz CT molecular complexity index is 2290. The fourth-order valence-electron chi connectivity index (χ4n) is 4.37. The summed E-state index contributed by atoms with van der Waals surface area (Å²) in [7, 11) is 0. The molecule has 98 heavy (non-hydrogen) atoms. The van der Waals surface area contributed by atoms with E-state index in [0.29, 0.717) is 64.9 Å². The monoisotopic (exact) mass is 1450 g/mol. The summed E-state index contributed by atoms with van der Waals surface area (Å²) in [5, 5.41) is 29.1. The number of rotatable bonds is 6. The van der Waals surface area contributed by atoms with E-state index in [0.717, 1.165) is 74.4 Å². The number of hydrogen-bond donors (Lipinski definition) is 0. The number of aryl methyl sites for hydroxylation is 6. The highest BCUT2D eigenvalue weighted by molar-refractivity contribution is 7.11. The minimum Gasteiger partial charge on any atom is -0.473 e. The standard InChI is InChI=1S/3C6H10N2O.3C6H10N2S.C4H8O.C4H4O.4C4H10.C3H3NO.C3H3NS.4C2H6/c1-4(2)6-8-7-5(3)9-6;1-4(2)6-7-5(3)9-8-6;1-4(2)6-7-5(3)8-9-6;1-4(2)6-8-7-5(3)9-6;1-4(2)6-7-5(3)9-8-6;1-4(2)6-7-5(3)8-9-6;2*1-2-4-5-3-1;4*1-4(2)3;2*1-2-5-3-4-1;4*1-2/h6*4H,1-3H3;1-4H2;1-4H;4*4H,1-3H3;2*1-3H;4*1-2H3. The predicted molar refractivity (Wildman–Crippen MR) is 420 cm³/mol. The second kappa shape index (κ2) is 76.9. The molecule has 0 saturated carbocycles. The van der Waals surface area contributed by atoms with Crippen molar-refractivity contribution >= 4 is 45.7 Å². The molecule has 568 valence electrons. The van der Waals surface area contributed by atoms with Crippen LogP contribution in [0.5, 0.6) is 0 Å². The average molecular weight is 1450 g/mol. The molecule has 10 rings (SSSR count). The van der Waals surface area contributed by atoms with Crippen LogP contribution >= 0.6 is 45.7 Å². The number of oxazole rings is 1. The average Bonchev–Trinajstić information content (AvgIpc) is 1.94. The fourth-order valence-corrected chi connectivity index (χ4v) is 6.69. The number of nitrogens with zero attached hydrogens (tertiary/aromatic N) is 14. The number of furan rings is 1. The van der Waals surface area contributed by atoms with Gasteiger partial charge in [0.05, 0.1) is 24.2 Å². The summed E-state index contributed by atoms with van der Waals surface area (Å²) in [5.41, 5.74) is 1.79. The highest BCUT2D eigenvalue weighted by atomic mass is 32.1. The maximum Gasteiger partial charge on any atom is 0.229 e. The summed E-state index contributed by atoms with van der Waals surface area (Å²) in [4.78, 5) is 23.8. The second-order valence-electron chi connectivity index (χ2n) is 24.3. The van der Waals surface area contributed by atoms with Gasteiger partial charge in [0.1, 0.15) is 37.9 Å². The van der Waals surface area contributed by atoms with Crippen molar-refractivity contribution in [2.75, 3.05) is 13.2 Å². The summed E-state index contributed by atoms with van der Waals surface area (Å²) in [6, 6.07) is 3.67. The molecule has 0 amide bonds. The fraction of sp³-hybridized carbons (Fsp3) is 0.703. The molecule has 20 nitrogen and oxygen atoms in total. The van der Waals surface area contributed by atoms with E-state index in [-0.39, 0.29) is 0 Å². The molecule has 0 radical (unpaired) electrons. The minimum absolute atomic E-state index is 0.339. The van der Waals surface area contributed by atoms with Crippen LogP contribution in [0.1, 0.15) is 337 Å². The summed E-state index contributed by atoms with van der Waals surface area (Å²) >= 11 is 6.24. The molecule has 1 fully saturated rings. The van der Waals surface area contributed by atoms with Crippen LogP contribution in [0.3, 0.4) is 0 Å². The van der Waals surface area contributed by atoms with Gasteiger partial charge in [0, 0.05) is 74.1 Å². The Hall–Kier alpha value is -5.82. The van der Waals surface area contributed by atoms with Crippen LogP contribution in [0.2, 0.25) is 0 Å². The molecule has 0 bridgehead atoms. The second-order valence-corrected chi connectivity index (χ2v) is 28.0. The van der Waals surface area contributed by atoms with Gasteiger partial charge in [0.15, 0.2) is 18.0 Å². The Morgan fingerprint density at radius 2 is 0.898 bits per heavy atom. The van der Waals surface area contributed by atoms with Gasteiger partial charge in [0.25, 0.3) is 0 Å². The zero-order chi connectivity index (χ0) is 77.6. The Morgan fingerprint density at radius 1 is 0.398 bits per heavy atom. The molecule has 0 unspecified atom stereocenters. The van der Waals surface area contributed by atoms with Gasteiger partial charge in [-0.15, -0.1) is 43.1 Å². The first-order valence-electron chi connectivity index (χ1n) is 35.1. The molecule has 0 atom stereocenters. The van der Waals surface area contributed by atoms with E-state index in [1.54, 1.807) is 67.0 Å². The molecule has 10 heterocycles. The van der Waals surface area contributed by atoms with Crippen LogP contribution in [-0.2, 0) is 4.74 Å². The topological polar surface area (TPSA) is 255 Å². The largest absolute Gasteiger partial charge is 0.473 e. The molecule has 0 aromatic carbocycles. The van der Waals surface area contributed by atoms with Gasteiger partial charge in [-0.1, -0.05) is 232 Å².